The van der Waals surface area contributed by atoms with Gasteiger partial charge in [-0.1, -0.05) is 55.8 Å². The Balaban J connectivity index is 2.20. The molecule has 1 heterocycles. The van der Waals surface area contributed by atoms with Crippen LogP contribution in [0.4, 0.5) is 0 Å². The van der Waals surface area contributed by atoms with Gasteiger partial charge in [0.2, 0.25) is 0 Å². The molecule has 0 aliphatic heterocycles. The highest BCUT2D eigenvalue weighted by Gasteiger charge is 2.17. The Morgan fingerprint density at radius 3 is 2.67 bits per heavy atom. The zero-order valence-electron chi connectivity index (χ0n) is 12.8. The third kappa shape index (κ3) is 4.32. The lowest BCUT2D eigenvalue weighted by Crippen LogP contribution is -2.23. The van der Waals surface area contributed by atoms with Crippen molar-refractivity contribution in [3.63, 3.8) is 0 Å². The first-order valence-electron chi connectivity index (χ1n) is 7.72. The van der Waals surface area contributed by atoms with Crippen LogP contribution in [0.5, 0.6) is 0 Å². The first kappa shape index (κ1) is 16.1. The Labute approximate surface area is 132 Å². The molecule has 0 saturated carbocycles. The minimum Gasteiger partial charge on any atom is -0.316 e. The summed E-state index contributed by atoms with van der Waals surface area (Å²) in [6.07, 6.45) is 3.74. The van der Waals surface area contributed by atoms with Crippen molar-refractivity contribution in [3.05, 3.63) is 52.8 Å². The van der Waals surface area contributed by atoms with Crippen molar-refractivity contribution in [3.8, 4) is 0 Å². The summed E-state index contributed by atoms with van der Waals surface area (Å²) < 4.78 is 2.05. The molecule has 0 aliphatic rings. The van der Waals surface area contributed by atoms with E-state index >= 15 is 0 Å². The van der Waals surface area contributed by atoms with Gasteiger partial charge in [-0.15, -0.1) is 0 Å². The summed E-state index contributed by atoms with van der Waals surface area (Å²) in [5.74, 6) is 0.413. The van der Waals surface area contributed by atoms with E-state index in [-0.39, 0.29) is 0 Å². The summed E-state index contributed by atoms with van der Waals surface area (Å²) in [6.45, 7) is 7.15. The van der Waals surface area contributed by atoms with Crippen molar-refractivity contribution in [2.45, 2.75) is 39.2 Å². The Kier molecular flexibility index (Phi) is 6.27. The second-order valence-electron chi connectivity index (χ2n) is 5.28. The zero-order valence-corrected chi connectivity index (χ0v) is 13.6. The fourth-order valence-electron chi connectivity index (χ4n) is 2.58. The molecular weight excluding hydrogens is 282 g/mol. The number of nitrogens with one attached hydrogen (secondary N) is 1. The normalized spacial score (nSPS) is 12.5. The lowest BCUT2D eigenvalue weighted by Gasteiger charge is -2.19. The lowest BCUT2D eigenvalue weighted by molar-refractivity contribution is 0.533. The van der Waals surface area contributed by atoms with Gasteiger partial charge in [-0.3, -0.25) is 4.68 Å². The van der Waals surface area contributed by atoms with E-state index in [9.17, 15) is 0 Å². The highest BCUT2D eigenvalue weighted by Crippen LogP contribution is 2.25. The van der Waals surface area contributed by atoms with Crippen LogP contribution in [0.25, 0.3) is 0 Å². The summed E-state index contributed by atoms with van der Waals surface area (Å²) in [5, 5.41) is 8.63. The van der Waals surface area contributed by atoms with E-state index in [0.717, 1.165) is 43.2 Å². The smallest absolute Gasteiger partial charge is 0.0818 e. The van der Waals surface area contributed by atoms with Crippen LogP contribution in [0.1, 0.15) is 37.4 Å². The number of benzene rings is 1. The Morgan fingerprint density at radius 2 is 2.00 bits per heavy atom. The molecule has 0 bridgehead atoms. The molecule has 0 spiro atoms. The van der Waals surface area contributed by atoms with Gasteiger partial charge in [0.05, 0.1) is 16.9 Å². The predicted octanol–water partition coefficient (Wildman–Crippen LogP) is 3.88. The molecule has 21 heavy (non-hydrogen) atoms. The van der Waals surface area contributed by atoms with Crippen LogP contribution in [0.15, 0.2) is 36.5 Å². The monoisotopic (exact) mass is 305 g/mol. The minimum absolute atomic E-state index is 0.413. The topological polar surface area (TPSA) is 29.9 Å². The molecule has 2 rings (SSSR count). The zero-order chi connectivity index (χ0) is 15.1. The van der Waals surface area contributed by atoms with Crippen LogP contribution in [0.2, 0.25) is 5.02 Å². The van der Waals surface area contributed by atoms with E-state index in [0.29, 0.717) is 5.92 Å². The fourth-order valence-corrected chi connectivity index (χ4v) is 2.80. The number of hydrogen-bond acceptors (Lipinski definition) is 2. The molecule has 3 nitrogen and oxygen atoms in total. The van der Waals surface area contributed by atoms with Crippen molar-refractivity contribution >= 4 is 11.6 Å². The van der Waals surface area contributed by atoms with E-state index in [1.54, 1.807) is 6.20 Å². The molecule has 0 aliphatic carbocycles. The van der Waals surface area contributed by atoms with Crippen LogP contribution in [-0.2, 0) is 13.0 Å². The molecule has 1 aromatic heterocycles. The van der Waals surface area contributed by atoms with Gasteiger partial charge in [-0.25, -0.2) is 0 Å². The number of nitrogens with zero attached hydrogens (tertiary/aromatic N) is 2. The van der Waals surface area contributed by atoms with Crippen molar-refractivity contribution in [1.29, 1.82) is 0 Å². The van der Waals surface area contributed by atoms with E-state index in [1.165, 1.54) is 5.56 Å². The highest BCUT2D eigenvalue weighted by molar-refractivity contribution is 6.31. The fraction of sp³-hybridized carbons (Fsp3) is 0.471. The maximum Gasteiger partial charge on any atom is 0.0818 e. The molecule has 0 fully saturated rings. The molecule has 1 unspecified atom stereocenters. The summed E-state index contributed by atoms with van der Waals surface area (Å²) in [4.78, 5) is 0. The molecule has 114 valence electrons. The van der Waals surface area contributed by atoms with Crippen molar-refractivity contribution in [2.75, 3.05) is 13.1 Å². The maximum atomic E-state index is 6.34. The standard InChI is InChI=1S/C17H24ClN3/c1-3-10-21-17(16(18)13-20-21)11-15(12-19-4-2)14-8-6-5-7-9-14/h5-9,13,15,19H,3-4,10-12H2,1-2H3. The van der Waals surface area contributed by atoms with Crippen molar-refractivity contribution in [2.24, 2.45) is 0 Å². The highest BCUT2D eigenvalue weighted by atomic mass is 35.5. The van der Waals surface area contributed by atoms with Crippen LogP contribution in [0.3, 0.4) is 0 Å². The van der Waals surface area contributed by atoms with Crippen LogP contribution >= 0.6 is 11.6 Å². The minimum atomic E-state index is 0.413. The molecule has 0 radical (unpaired) electrons. The van der Waals surface area contributed by atoms with E-state index in [1.807, 2.05) is 4.68 Å². The summed E-state index contributed by atoms with van der Waals surface area (Å²) in [6, 6.07) is 10.6. The molecule has 1 N–H and O–H groups in total. The molecule has 4 heteroatoms. The lowest BCUT2D eigenvalue weighted by atomic mass is 9.94. The van der Waals surface area contributed by atoms with E-state index in [2.05, 4.69) is 54.6 Å². The van der Waals surface area contributed by atoms with Gasteiger partial charge < -0.3 is 5.32 Å². The second-order valence-corrected chi connectivity index (χ2v) is 5.69. The number of aryl methyl sites for hydroxylation is 1. The Morgan fingerprint density at radius 1 is 1.24 bits per heavy atom. The molecular formula is C17H24ClN3. The van der Waals surface area contributed by atoms with Gasteiger partial charge in [0.15, 0.2) is 0 Å². The van der Waals surface area contributed by atoms with Crippen LogP contribution in [-0.4, -0.2) is 22.9 Å². The van der Waals surface area contributed by atoms with E-state index in [4.69, 9.17) is 11.6 Å². The van der Waals surface area contributed by atoms with Gasteiger partial charge in [-0.05, 0) is 24.9 Å². The van der Waals surface area contributed by atoms with Gasteiger partial charge in [0, 0.05) is 19.0 Å². The van der Waals surface area contributed by atoms with Crippen molar-refractivity contribution in [1.82, 2.24) is 15.1 Å². The third-order valence-electron chi connectivity index (χ3n) is 3.68. The van der Waals surface area contributed by atoms with Crippen LogP contribution in [0, 0.1) is 0 Å². The third-order valence-corrected chi connectivity index (χ3v) is 4.00. The van der Waals surface area contributed by atoms with E-state index < -0.39 is 0 Å². The average Bonchev–Trinajstić information content (AvgIpc) is 2.85. The number of rotatable bonds is 8. The van der Waals surface area contributed by atoms with Crippen LogP contribution < -0.4 is 5.32 Å². The molecule has 1 atom stereocenters. The van der Waals surface area contributed by atoms with Gasteiger partial charge >= 0.3 is 0 Å². The summed E-state index contributed by atoms with van der Waals surface area (Å²) in [5.41, 5.74) is 2.49. The molecule has 1 aromatic carbocycles. The Bertz CT molecular complexity index is 536. The predicted molar refractivity (Wildman–Crippen MR) is 89.0 cm³/mol. The SMILES string of the molecule is CCCn1ncc(Cl)c1CC(CNCC)c1ccccc1. The average molecular weight is 306 g/mol. The number of halogens is 1. The van der Waals surface area contributed by atoms with Gasteiger partial charge in [0.25, 0.3) is 0 Å². The quantitative estimate of drug-likeness (QED) is 0.802. The Hall–Kier alpha value is -1.32. The molecule has 0 amide bonds. The summed E-state index contributed by atoms with van der Waals surface area (Å²) in [7, 11) is 0. The molecule has 0 saturated heterocycles. The largest absolute Gasteiger partial charge is 0.316 e. The first-order chi connectivity index (χ1) is 10.3. The summed E-state index contributed by atoms with van der Waals surface area (Å²) >= 11 is 6.34. The number of likely N-dealkylation sites (N-methyl/N-ethyl adjacent to an activating group) is 1. The maximum absolute atomic E-state index is 6.34. The number of aromatic nitrogens is 2. The second kappa shape index (κ2) is 8.20. The number of hydrogen-bond donors (Lipinski definition) is 1. The molecule has 2 aromatic rings. The first-order valence-corrected chi connectivity index (χ1v) is 8.09. The van der Waals surface area contributed by atoms with Gasteiger partial charge in [0.1, 0.15) is 0 Å². The van der Waals surface area contributed by atoms with Crippen molar-refractivity contribution < 1.29 is 0 Å². The van der Waals surface area contributed by atoms with Gasteiger partial charge in [-0.2, -0.15) is 5.10 Å².